The zero-order chi connectivity index (χ0) is 20.3. The first-order chi connectivity index (χ1) is 13.4. The minimum Gasteiger partial charge on any atom is -0.338 e. The molecular formula is C23H27FN2O2. The number of hydrogen-bond donors (Lipinski definition) is 0. The van der Waals surface area contributed by atoms with Crippen LogP contribution in [0, 0.1) is 5.82 Å². The van der Waals surface area contributed by atoms with Crippen LogP contribution in [-0.2, 0) is 22.6 Å². The summed E-state index contributed by atoms with van der Waals surface area (Å²) in [7, 11) is 0. The van der Waals surface area contributed by atoms with E-state index in [2.05, 4.69) is 0 Å². The molecule has 5 heteroatoms. The molecule has 2 aromatic rings. The monoisotopic (exact) mass is 382 g/mol. The lowest BCUT2D eigenvalue weighted by Gasteiger charge is -2.40. The molecule has 0 saturated carbocycles. The molecule has 0 aromatic heterocycles. The molecule has 0 bridgehead atoms. The van der Waals surface area contributed by atoms with E-state index in [0.29, 0.717) is 19.5 Å². The van der Waals surface area contributed by atoms with Crippen molar-refractivity contribution >= 4 is 11.8 Å². The predicted molar refractivity (Wildman–Crippen MR) is 107 cm³/mol. The Balaban J connectivity index is 1.67. The number of nitrogens with zero attached hydrogens (tertiary/aromatic N) is 2. The van der Waals surface area contributed by atoms with Crippen molar-refractivity contribution < 1.29 is 14.0 Å². The first-order valence-corrected chi connectivity index (χ1v) is 9.75. The number of carbonyl (C=O) groups excluding carboxylic acids is 2. The summed E-state index contributed by atoms with van der Waals surface area (Å²) in [5, 5.41) is 0. The highest BCUT2D eigenvalue weighted by molar-refractivity contribution is 5.79. The minimum absolute atomic E-state index is 0.00305. The number of carbonyl (C=O) groups is 2. The Labute approximate surface area is 166 Å². The summed E-state index contributed by atoms with van der Waals surface area (Å²) in [5.41, 5.74) is 3.01. The largest absolute Gasteiger partial charge is 0.338 e. The van der Waals surface area contributed by atoms with Gasteiger partial charge in [0.05, 0.1) is 6.04 Å². The van der Waals surface area contributed by atoms with E-state index in [9.17, 15) is 14.0 Å². The van der Waals surface area contributed by atoms with Gasteiger partial charge in [-0.1, -0.05) is 36.4 Å². The molecule has 2 atom stereocenters. The van der Waals surface area contributed by atoms with Crippen LogP contribution >= 0.6 is 0 Å². The topological polar surface area (TPSA) is 40.6 Å². The highest BCUT2D eigenvalue weighted by atomic mass is 19.1. The maximum absolute atomic E-state index is 13.6. The van der Waals surface area contributed by atoms with Crippen LogP contribution in [0.4, 0.5) is 4.39 Å². The van der Waals surface area contributed by atoms with E-state index in [1.807, 2.05) is 49.1 Å². The van der Waals surface area contributed by atoms with Gasteiger partial charge in [-0.2, -0.15) is 0 Å². The standard InChI is InChI=1S/C23H27FN2O2/c1-16-13-20-14-21(24)9-10-22(20)17(2)26(16)23(28)11-12-25(18(3)27)15-19-7-5-4-6-8-19/h4-10,14,16-17H,11-13,15H2,1-3H3/t16-,17+/m0/s1. The van der Waals surface area contributed by atoms with E-state index < -0.39 is 0 Å². The number of hydrogen-bond acceptors (Lipinski definition) is 2. The fourth-order valence-corrected chi connectivity index (χ4v) is 4.08. The van der Waals surface area contributed by atoms with Crippen LogP contribution in [0.1, 0.15) is 49.9 Å². The van der Waals surface area contributed by atoms with Crippen molar-refractivity contribution in [3.8, 4) is 0 Å². The van der Waals surface area contributed by atoms with E-state index in [0.717, 1.165) is 16.7 Å². The molecule has 0 saturated heterocycles. The molecule has 1 heterocycles. The quantitative estimate of drug-likeness (QED) is 0.781. The normalized spacial score (nSPS) is 18.5. The van der Waals surface area contributed by atoms with E-state index in [1.165, 1.54) is 13.0 Å². The predicted octanol–water partition coefficient (Wildman–Crippen LogP) is 4.10. The summed E-state index contributed by atoms with van der Waals surface area (Å²) in [5.74, 6) is -0.262. The van der Waals surface area contributed by atoms with Crippen molar-refractivity contribution in [1.29, 1.82) is 0 Å². The van der Waals surface area contributed by atoms with Crippen LogP contribution in [0.3, 0.4) is 0 Å². The number of amides is 2. The Hall–Kier alpha value is -2.69. The van der Waals surface area contributed by atoms with Crippen LogP contribution in [-0.4, -0.2) is 34.2 Å². The average Bonchev–Trinajstić information content (AvgIpc) is 2.65. The lowest BCUT2D eigenvalue weighted by Crippen LogP contribution is -2.46. The molecule has 0 aliphatic carbocycles. The fraction of sp³-hybridized carbons (Fsp3) is 0.391. The second kappa shape index (κ2) is 8.55. The van der Waals surface area contributed by atoms with Gasteiger partial charge in [-0.3, -0.25) is 9.59 Å². The lowest BCUT2D eigenvalue weighted by atomic mass is 9.89. The van der Waals surface area contributed by atoms with Gasteiger partial charge < -0.3 is 9.80 Å². The second-order valence-electron chi connectivity index (χ2n) is 7.55. The van der Waals surface area contributed by atoms with Crippen molar-refractivity contribution in [3.63, 3.8) is 0 Å². The molecule has 1 aliphatic heterocycles. The summed E-state index contributed by atoms with van der Waals surface area (Å²) in [4.78, 5) is 28.6. The van der Waals surface area contributed by atoms with Gasteiger partial charge in [0.2, 0.25) is 11.8 Å². The third-order valence-electron chi connectivity index (χ3n) is 5.51. The van der Waals surface area contributed by atoms with E-state index >= 15 is 0 Å². The van der Waals surface area contributed by atoms with Gasteiger partial charge in [-0.15, -0.1) is 0 Å². The summed E-state index contributed by atoms with van der Waals surface area (Å²) in [6, 6.07) is 14.5. The average molecular weight is 382 g/mol. The van der Waals surface area contributed by atoms with E-state index in [4.69, 9.17) is 0 Å². The molecule has 0 spiro atoms. The van der Waals surface area contributed by atoms with Crippen LogP contribution in [0.2, 0.25) is 0 Å². The number of rotatable bonds is 5. The molecule has 0 N–H and O–H groups in total. The maximum atomic E-state index is 13.6. The van der Waals surface area contributed by atoms with Gasteiger partial charge in [-0.25, -0.2) is 4.39 Å². The number of halogens is 1. The molecule has 4 nitrogen and oxygen atoms in total. The highest BCUT2D eigenvalue weighted by Crippen LogP contribution is 2.33. The van der Waals surface area contributed by atoms with E-state index in [-0.39, 0.29) is 36.1 Å². The Morgan fingerprint density at radius 3 is 2.54 bits per heavy atom. The molecule has 1 aliphatic rings. The van der Waals surface area contributed by atoms with Gasteiger partial charge >= 0.3 is 0 Å². The molecule has 0 fully saturated rings. The number of benzene rings is 2. The van der Waals surface area contributed by atoms with Gasteiger partial charge in [0.25, 0.3) is 0 Å². The van der Waals surface area contributed by atoms with Gasteiger partial charge in [0.15, 0.2) is 0 Å². The van der Waals surface area contributed by atoms with Gasteiger partial charge in [0, 0.05) is 32.5 Å². The SMILES string of the molecule is CC(=O)N(CCC(=O)N1[C@H](C)c2ccc(F)cc2C[C@@H]1C)Cc1ccccc1. The smallest absolute Gasteiger partial charge is 0.225 e. The molecule has 3 rings (SSSR count). The highest BCUT2D eigenvalue weighted by Gasteiger charge is 2.32. The maximum Gasteiger partial charge on any atom is 0.225 e. The van der Waals surface area contributed by atoms with Crippen molar-refractivity contribution in [1.82, 2.24) is 9.80 Å². The molecule has 28 heavy (non-hydrogen) atoms. The minimum atomic E-state index is -0.240. The van der Waals surface area contributed by atoms with Crippen molar-refractivity contribution in [2.45, 2.75) is 52.2 Å². The van der Waals surface area contributed by atoms with E-state index in [1.54, 1.807) is 17.0 Å². The second-order valence-corrected chi connectivity index (χ2v) is 7.55. The van der Waals surface area contributed by atoms with Gasteiger partial charge in [0.1, 0.15) is 5.82 Å². The first kappa shape index (κ1) is 20.1. The van der Waals surface area contributed by atoms with Crippen molar-refractivity contribution in [2.75, 3.05) is 6.54 Å². The third-order valence-corrected chi connectivity index (χ3v) is 5.51. The lowest BCUT2D eigenvalue weighted by molar-refractivity contribution is -0.137. The first-order valence-electron chi connectivity index (χ1n) is 9.75. The molecule has 2 amide bonds. The summed E-state index contributed by atoms with van der Waals surface area (Å²) in [6.45, 7) is 6.39. The third kappa shape index (κ3) is 4.41. The number of fused-ring (bicyclic) bond motifs is 1. The van der Waals surface area contributed by atoms with Crippen LogP contribution in [0.5, 0.6) is 0 Å². The molecule has 148 valence electrons. The zero-order valence-electron chi connectivity index (χ0n) is 16.7. The molecule has 0 unspecified atom stereocenters. The summed E-state index contributed by atoms with van der Waals surface area (Å²) in [6.07, 6.45) is 0.918. The Morgan fingerprint density at radius 2 is 1.86 bits per heavy atom. The zero-order valence-corrected chi connectivity index (χ0v) is 16.7. The summed E-state index contributed by atoms with van der Waals surface area (Å²) >= 11 is 0. The molecular weight excluding hydrogens is 355 g/mol. The van der Waals surface area contributed by atoms with Crippen LogP contribution in [0.25, 0.3) is 0 Å². The molecule has 0 radical (unpaired) electrons. The van der Waals surface area contributed by atoms with Gasteiger partial charge in [-0.05, 0) is 49.1 Å². The Bertz CT molecular complexity index is 853. The Morgan fingerprint density at radius 1 is 1.14 bits per heavy atom. The van der Waals surface area contributed by atoms with Crippen LogP contribution in [0.15, 0.2) is 48.5 Å². The summed E-state index contributed by atoms with van der Waals surface area (Å²) < 4.78 is 13.6. The van der Waals surface area contributed by atoms with Crippen molar-refractivity contribution in [2.24, 2.45) is 0 Å². The fourth-order valence-electron chi connectivity index (χ4n) is 4.08. The van der Waals surface area contributed by atoms with Crippen molar-refractivity contribution in [3.05, 3.63) is 71.0 Å². The molecule has 2 aromatic carbocycles. The van der Waals surface area contributed by atoms with Crippen LogP contribution < -0.4 is 0 Å². The Kier molecular flexibility index (Phi) is 6.12.